The van der Waals surface area contributed by atoms with Crippen molar-refractivity contribution >= 4 is 22.6 Å². The Kier molecular flexibility index (Phi) is 2.36. The van der Waals surface area contributed by atoms with Crippen LogP contribution in [0.15, 0.2) is 48.8 Å². The fraction of sp³-hybridized carbons (Fsp3) is 0.125. The minimum absolute atomic E-state index is 0.157. The minimum Gasteiger partial charge on any atom is -0.346 e. The van der Waals surface area contributed by atoms with Gasteiger partial charge in [0.2, 0.25) is 5.91 Å². The maximum Gasteiger partial charge on any atom is 0.231 e. The van der Waals surface area contributed by atoms with Crippen LogP contribution in [0, 0.1) is 0 Å². The van der Waals surface area contributed by atoms with E-state index in [1.807, 2.05) is 47.5 Å². The molecule has 3 aromatic rings. The molecule has 1 aromatic carbocycles. The van der Waals surface area contributed by atoms with Crippen LogP contribution in [-0.4, -0.2) is 15.9 Å². The van der Waals surface area contributed by atoms with Crippen molar-refractivity contribution in [1.82, 2.24) is 9.97 Å². The second kappa shape index (κ2) is 4.20. The highest BCUT2D eigenvalue weighted by molar-refractivity contribution is 6.01. The summed E-state index contributed by atoms with van der Waals surface area (Å²) in [6.45, 7) is 0.585. The number of pyridine rings is 1. The number of carbonyl (C=O) groups is 1. The summed E-state index contributed by atoms with van der Waals surface area (Å²) in [7, 11) is 0. The monoisotopic (exact) mass is 263 g/mol. The van der Waals surface area contributed by atoms with Gasteiger partial charge >= 0.3 is 0 Å². The summed E-state index contributed by atoms with van der Waals surface area (Å²) in [4.78, 5) is 21.5. The maximum atomic E-state index is 12.2. The Hall–Kier alpha value is -2.62. The number of aromatic nitrogens is 2. The lowest BCUT2D eigenvalue weighted by molar-refractivity contribution is -0.117. The molecular formula is C16H13N3O. The van der Waals surface area contributed by atoms with Crippen molar-refractivity contribution in [3.8, 4) is 0 Å². The normalized spacial score (nSPS) is 14.0. The van der Waals surface area contributed by atoms with Gasteiger partial charge in [-0.3, -0.25) is 4.79 Å². The summed E-state index contributed by atoms with van der Waals surface area (Å²) >= 11 is 0. The summed E-state index contributed by atoms with van der Waals surface area (Å²) in [6, 6.07) is 11.9. The number of amides is 1. The molecule has 0 atom stereocenters. The van der Waals surface area contributed by atoms with Crippen molar-refractivity contribution in [3.05, 3.63) is 59.9 Å². The van der Waals surface area contributed by atoms with Crippen molar-refractivity contribution in [2.45, 2.75) is 13.0 Å². The molecule has 4 nitrogen and oxygen atoms in total. The second-order valence-corrected chi connectivity index (χ2v) is 5.00. The third-order valence-corrected chi connectivity index (χ3v) is 3.79. The van der Waals surface area contributed by atoms with Gasteiger partial charge in [0.05, 0.1) is 13.0 Å². The number of aromatic amines is 1. The number of fused-ring (bicyclic) bond motifs is 2. The van der Waals surface area contributed by atoms with E-state index >= 15 is 0 Å². The zero-order chi connectivity index (χ0) is 13.5. The first-order valence-corrected chi connectivity index (χ1v) is 6.62. The standard InChI is InChI=1S/C16H13N3O/c20-15-8-11-4-1-2-6-14(11)19(15)10-12-9-18-16-13(12)5-3-7-17-16/h1-7,9H,8,10H2,(H,17,18). The first kappa shape index (κ1) is 11.2. The number of nitrogens with zero attached hydrogens (tertiary/aromatic N) is 2. The molecule has 1 aliphatic rings. The van der Waals surface area contributed by atoms with E-state index in [9.17, 15) is 4.79 Å². The molecule has 4 heteroatoms. The van der Waals surface area contributed by atoms with Gasteiger partial charge < -0.3 is 9.88 Å². The fourth-order valence-electron chi connectivity index (χ4n) is 2.80. The van der Waals surface area contributed by atoms with Crippen LogP contribution in [0.5, 0.6) is 0 Å². The highest BCUT2D eigenvalue weighted by atomic mass is 16.2. The Morgan fingerprint density at radius 1 is 1.20 bits per heavy atom. The van der Waals surface area contributed by atoms with E-state index in [0.717, 1.165) is 27.8 Å². The Labute approximate surface area is 116 Å². The maximum absolute atomic E-state index is 12.2. The van der Waals surface area contributed by atoms with Crippen LogP contribution in [0.25, 0.3) is 11.0 Å². The molecule has 0 unspecified atom stereocenters. The molecule has 0 fully saturated rings. The van der Waals surface area contributed by atoms with Crippen molar-refractivity contribution in [2.75, 3.05) is 4.90 Å². The van der Waals surface area contributed by atoms with Crippen LogP contribution in [0.1, 0.15) is 11.1 Å². The fourth-order valence-corrected chi connectivity index (χ4v) is 2.80. The molecule has 0 radical (unpaired) electrons. The summed E-state index contributed by atoms with van der Waals surface area (Å²) in [5.74, 6) is 0.157. The number of para-hydroxylation sites is 1. The van der Waals surface area contributed by atoms with Crippen LogP contribution in [0.3, 0.4) is 0 Å². The summed E-state index contributed by atoms with van der Waals surface area (Å²) in [6.07, 6.45) is 4.20. The number of hydrogen-bond acceptors (Lipinski definition) is 2. The van der Waals surface area contributed by atoms with Crippen LogP contribution in [-0.2, 0) is 17.8 Å². The molecule has 1 N–H and O–H groups in total. The van der Waals surface area contributed by atoms with Crippen molar-refractivity contribution < 1.29 is 4.79 Å². The van der Waals surface area contributed by atoms with Gasteiger partial charge in [-0.25, -0.2) is 4.98 Å². The van der Waals surface area contributed by atoms with Crippen molar-refractivity contribution in [2.24, 2.45) is 0 Å². The average Bonchev–Trinajstić information content (AvgIpc) is 3.02. The molecule has 0 aliphatic carbocycles. The lowest BCUT2D eigenvalue weighted by Gasteiger charge is -2.16. The van der Waals surface area contributed by atoms with Crippen LogP contribution in [0.2, 0.25) is 0 Å². The first-order chi connectivity index (χ1) is 9.83. The topological polar surface area (TPSA) is 49.0 Å². The van der Waals surface area contributed by atoms with Crippen LogP contribution in [0.4, 0.5) is 5.69 Å². The molecule has 2 aromatic heterocycles. The van der Waals surface area contributed by atoms with E-state index in [0.29, 0.717) is 13.0 Å². The smallest absolute Gasteiger partial charge is 0.231 e. The van der Waals surface area contributed by atoms with Gasteiger partial charge in [-0.1, -0.05) is 18.2 Å². The number of H-pyrrole nitrogens is 1. The molecule has 0 spiro atoms. The zero-order valence-corrected chi connectivity index (χ0v) is 10.8. The van der Waals surface area contributed by atoms with E-state index in [1.54, 1.807) is 6.20 Å². The van der Waals surface area contributed by atoms with Crippen LogP contribution < -0.4 is 4.90 Å². The van der Waals surface area contributed by atoms with E-state index in [-0.39, 0.29) is 5.91 Å². The number of rotatable bonds is 2. The van der Waals surface area contributed by atoms with E-state index in [1.165, 1.54) is 0 Å². The Bertz CT molecular complexity index is 806. The quantitative estimate of drug-likeness (QED) is 0.772. The largest absolute Gasteiger partial charge is 0.346 e. The van der Waals surface area contributed by atoms with Crippen LogP contribution >= 0.6 is 0 Å². The molecular weight excluding hydrogens is 250 g/mol. The minimum atomic E-state index is 0.157. The molecule has 1 aliphatic heterocycles. The van der Waals surface area contributed by atoms with Gasteiger partial charge in [0.25, 0.3) is 0 Å². The Morgan fingerprint density at radius 3 is 3.05 bits per heavy atom. The molecule has 1 amide bonds. The van der Waals surface area contributed by atoms with Crippen molar-refractivity contribution in [3.63, 3.8) is 0 Å². The molecule has 0 saturated carbocycles. The predicted molar refractivity (Wildman–Crippen MR) is 77.4 cm³/mol. The van der Waals surface area contributed by atoms with Crippen molar-refractivity contribution in [1.29, 1.82) is 0 Å². The van der Waals surface area contributed by atoms with E-state index < -0.39 is 0 Å². The molecule has 98 valence electrons. The van der Waals surface area contributed by atoms with Gasteiger partial charge in [0.15, 0.2) is 0 Å². The van der Waals surface area contributed by atoms with Gasteiger partial charge in [0, 0.05) is 23.5 Å². The van der Waals surface area contributed by atoms with Gasteiger partial charge in [-0.2, -0.15) is 0 Å². The molecule has 3 heterocycles. The molecule has 4 rings (SSSR count). The highest BCUT2D eigenvalue weighted by Crippen LogP contribution is 2.30. The number of anilines is 1. The number of hydrogen-bond donors (Lipinski definition) is 1. The van der Waals surface area contributed by atoms with Gasteiger partial charge in [0.1, 0.15) is 5.65 Å². The highest BCUT2D eigenvalue weighted by Gasteiger charge is 2.27. The lowest BCUT2D eigenvalue weighted by atomic mass is 10.1. The van der Waals surface area contributed by atoms with E-state index in [4.69, 9.17) is 0 Å². The van der Waals surface area contributed by atoms with E-state index in [2.05, 4.69) is 9.97 Å². The lowest BCUT2D eigenvalue weighted by Crippen LogP contribution is -2.25. The number of benzene rings is 1. The average molecular weight is 263 g/mol. The number of carbonyl (C=O) groups excluding carboxylic acids is 1. The molecule has 0 saturated heterocycles. The summed E-state index contributed by atoms with van der Waals surface area (Å²) in [5, 5.41) is 1.07. The third kappa shape index (κ3) is 1.61. The molecule has 20 heavy (non-hydrogen) atoms. The summed E-state index contributed by atoms with van der Waals surface area (Å²) < 4.78 is 0. The predicted octanol–water partition coefficient (Wildman–Crippen LogP) is 2.65. The second-order valence-electron chi connectivity index (χ2n) is 5.00. The van der Waals surface area contributed by atoms with Gasteiger partial charge in [-0.15, -0.1) is 0 Å². The SMILES string of the molecule is O=C1Cc2ccccc2N1Cc1c[nH]c2ncccc12. The Balaban J connectivity index is 1.74. The third-order valence-electron chi connectivity index (χ3n) is 3.79. The number of nitrogens with one attached hydrogen (secondary N) is 1. The Morgan fingerprint density at radius 2 is 2.10 bits per heavy atom. The first-order valence-electron chi connectivity index (χ1n) is 6.62. The zero-order valence-electron chi connectivity index (χ0n) is 10.8. The van der Waals surface area contributed by atoms with Gasteiger partial charge in [-0.05, 0) is 29.3 Å². The summed E-state index contributed by atoms with van der Waals surface area (Å²) in [5.41, 5.74) is 4.09. The molecule has 0 bridgehead atoms.